The Balaban J connectivity index is 1.53. The van der Waals surface area contributed by atoms with Gasteiger partial charge >= 0.3 is 0 Å². The maximum Gasteiger partial charge on any atom is 0.211 e. The number of hydrogen-bond donors (Lipinski definition) is 1. The van der Waals surface area contributed by atoms with Crippen molar-refractivity contribution in [2.75, 3.05) is 24.6 Å². The number of nitrogens with zero attached hydrogens (tertiary/aromatic N) is 4. The van der Waals surface area contributed by atoms with E-state index in [2.05, 4.69) is 16.8 Å². The molecule has 2 atom stereocenters. The quantitative estimate of drug-likeness (QED) is 0.670. The van der Waals surface area contributed by atoms with Crippen LogP contribution in [0.1, 0.15) is 25.5 Å². The van der Waals surface area contributed by atoms with Crippen LogP contribution in [0, 0.1) is 18.2 Å². The molecule has 2 saturated heterocycles. The summed E-state index contributed by atoms with van der Waals surface area (Å²) in [5, 5.41) is 0.349. The van der Waals surface area contributed by atoms with Gasteiger partial charge in [-0.15, -0.1) is 0 Å². The van der Waals surface area contributed by atoms with Crippen molar-refractivity contribution >= 4 is 23.2 Å². The van der Waals surface area contributed by atoms with E-state index in [0.717, 1.165) is 38.5 Å². The number of fused-ring (bicyclic) bond motifs is 1. The number of ether oxygens (including phenoxy) is 1. The van der Waals surface area contributed by atoms with Gasteiger partial charge in [0, 0.05) is 42.5 Å². The third kappa shape index (κ3) is 2.91. The molecule has 2 aromatic heterocycles. The Labute approximate surface area is 179 Å². The van der Waals surface area contributed by atoms with Crippen molar-refractivity contribution in [1.82, 2.24) is 14.4 Å². The highest BCUT2D eigenvalue weighted by Crippen LogP contribution is 2.42. The van der Waals surface area contributed by atoms with Crippen LogP contribution in [0.4, 0.5) is 10.3 Å². The largest absolute Gasteiger partial charge is 0.376 e. The maximum absolute atomic E-state index is 14.7. The number of hydrogen-bond acceptors (Lipinski definition) is 5. The number of halogens is 2. The zero-order valence-electron chi connectivity index (χ0n) is 17.1. The van der Waals surface area contributed by atoms with Gasteiger partial charge in [-0.1, -0.05) is 17.7 Å². The molecule has 0 unspecified atom stereocenters. The Bertz CT molecular complexity index is 1090. The second-order valence-electron chi connectivity index (χ2n) is 8.48. The molecule has 0 radical (unpaired) electrons. The lowest BCUT2D eigenvalue weighted by atomic mass is 9.73. The first-order valence-corrected chi connectivity index (χ1v) is 10.7. The predicted molar refractivity (Wildman–Crippen MR) is 115 cm³/mol. The van der Waals surface area contributed by atoms with Crippen LogP contribution in [-0.4, -0.2) is 46.2 Å². The lowest BCUT2D eigenvalue weighted by molar-refractivity contribution is 0.0973. The van der Waals surface area contributed by atoms with Gasteiger partial charge in [0.2, 0.25) is 5.95 Å². The molecule has 6 nitrogen and oxygen atoms in total. The predicted octanol–water partition coefficient (Wildman–Crippen LogP) is 3.83. The molecule has 4 heterocycles. The number of anilines is 1. The lowest BCUT2D eigenvalue weighted by Gasteiger charge is -2.41. The number of imidazole rings is 1. The van der Waals surface area contributed by atoms with Crippen molar-refractivity contribution in [2.45, 2.75) is 38.8 Å². The topological polar surface area (TPSA) is 68.7 Å². The number of aryl methyl sites for hydroxylation is 1. The maximum atomic E-state index is 14.7. The van der Waals surface area contributed by atoms with Gasteiger partial charge in [-0.2, -0.15) is 0 Å². The van der Waals surface area contributed by atoms with Crippen LogP contribution in [0.25, 0.3) is 16.8 Å². The summed E-state index contributed by atoms with van der Waals surface area (Å²) in [5.74, 6) is 0.431. The zero-order valence-corrected chi connectivity index (χ0v) is 17.9. The number of piperidine rings is 1. The van der Waals surface area contributed by atoms with Gasteiger partial charge in [-0.25, -0.2) is 14.4 Å². The standard InChI is InChI=1S/C22H25ClFN5O/c1-13-17(18-15(23)4-3-5-16(18)24)20-26-8-11-29(20)21(27-13)28-9-6-22(7-10-28)12-30-14(2)19(22)25/h3-5,8,11,14,19H,6-7,9-10,12,25H2,1-2H3/t14-,19+/m0/s1. The molecule has 0 saturated carbocycles. The van der Waals surface area contributed by atoms with Gasteiger partial charge in [0.15, 0.2) is 0 Å². The van der Waals surface area contributed by atoms with Gasteiger partial charge in [-0.05, 0) is 38.8 Å². The minimum atomic E-state index is -0.380. The highest BCUT2D eigenvalue weighted by molar-refractivity contribution is 6.33. The Morgan fingerprint density at radius 3 is 2.70 bits per heavy atom. The average Bonchev–Trinajstić information content (AvgIpc) is 3.31. The first-order chi connectivity index (χ1) is 14.4. The van der Waals surface area contributed by atoms with Crippen LogP contribution in [0.2, 0.25) is 5.02 Å². The van der Waals surface area contributed by atoms with Crippen LogP contribution >= 0.6 is 11.6 Å². The van der Waals surface area contributed by atoms with Crippen molar-refractivity contribution in [1.29, 1.82) is 0 Å². The first-order valence-electron chi connectivity index (χ1n) is 10.3. The van der Waals surface area contributed by atoms with E-state index in [1.54, 1.807) is 18.3 Å². The SMILES string of the molecule is Cc1nc(N2CCC3(CC2)CO[C@@H](C)[C@H]3N)n2ccnc2c1-c1c(F)cccc1Cl. The highest BCUT2D eigenvalue weighted by Gasteiger charge is 2.47. The Kier molecular flexibility index (Phi) is 4.72. The molecule has 0 aliphatic carbocycles. The van der Waals surface area contributed by atoms with Crippen molar-refractivity contribution in [3.05, 3.63) is 47.1 Å². The molecule has 1 aromatic carbocycles. The molecular weight excluding hydrogens is 405 g/mol. The van der Waals surface area contributed by atoms with Gasteiger partial charge in [0.1, 0.15) is 11.5 Å². The summed E-state index contributed by atoms with van der Waals surface area (Å²) < 4.78 is 22.4. The van der Waals surface area contributed by atoms with Gasteiger partial charge in [0.05, 0.1) is 29.0 Å². The molecule has 2 aliphatic heterocycles. The van der Waals surface area contributed by atoms with E-state index in [4.69, 9.17) is 27.1 Å². The van der Waals surface area contributed by atoms with E-state index in [9.17, 15) is 4.39 Å². The van der Waals surface area contributed by atoms with Gasteiger partial charge < -0.3 is 15.4 Å². The lowest BCUT2D eigenvalue weighted by Crippen LogP contribution is -2.51. The van der Waals surface area contributed by atoms with Crippen LogP contribution < -0.4 is 10.6 Å². The van der Waals surface area contributed by atoms with E-state index < -0.39 is 0 Å². The fraction of sp³-hybridized carbons (Fsp3) is 0.455. The molecule has 5 rings (SSSR count). The van der Waals surface area contributed by atoms with Crippen molar-refractivity contribution in [3.8, 4) is 11.1 Å². The summed E-state index contributed by atoms with van der Waals surface area (Å²) in [5.41, 5.74) is 8.82. The fourth-order valence-electron chi connectivity index (χ4n) is 4.95. The molecule has 2 fully saturated rings. The molecule has 2 N–H and O–H groups in total. The Morgan fingerprint density at radius 1 is 1.27 bits per heavy atom. The smallest absolute Gasteiger partial charge is 0.211 e. The third-order valence-corrected chi connectivity index (χ3v) is 7.13. The van der Waals surface area contributed by atoms with Crippen LogP contribution in [-0.2, 0) is 4.74 Å². The van der Waals surface area contributed by atoms with E-state index >= 15 is 0 Å². The van der Waals surface area contributed by atoms with Crippen LogP contribution in [0.3, 0.4) is 0 Å². The van der Waals surface area contributed by atoms with E-state index in [-0.39, 0.29) is 23.4 Å². The molecule has 0 bridgehead atoms. The second kappa shape index (κ2) is 7.18. The zero-order chi connectivity index (χ0) is 21.0. The Morgan fingerprint density at radius 2 is 2.03 bits per heavy atom. The van der Waals surface area contributed by atoms with Crippen molar-refractivity contribution in [3.63, 3.8) is 0 Å². The summed E-state index contributed by atoms with van der Waals surface area (Å²) in [6, 6.07) is 4.76. The summed E-state index contributed by atoms with van der Waals surface area (Å²) in [6.45, 7) is 6.33. The molecule has 2 aliphatic rings. The fourth-order valence-corrected chi connectivity index (χ4v) is 5.21. The monoisotopic (exact) mass is 429 g/mol. The van der Waals surface area contributed by atoms with Crippen molar-refractivity contribution in [2.24, 2.45) is 11.1 Å². The summed E-state index contributed by atoms with van der Waals surface area (Å²) in [7, 11) is 0. The van der Waals surface area contributed by atoms with Crippen LogP contribution in [0.5, 0.6) is 0 Å². The first kappa shape index (κ1) is 19.7. The van der Waals surface area contributed by atoms with Gasteiger partial charge in [-0.3, -0.25) is 4.40 Å². The van der Waals surface area contributed by atoms with Gasteiger partial charge in [0.25, 0.3) is 0 Å². The molecule has 3 aromatic rings. The molecule has 8 heteroatoms. The Hall–Kier alpha value is -2.22. The molecular formula is C22H25ClFN5O. The van der Waals surface area contributed by atoms with E-state index in [1.807, 2.05) is 17.5 Å². The normalized spacial score (nSPS) is 23.6. The number of rotatable bonds is 2. The number of aromatic nitrogens is 3. The minimum absolute atomic E-state index is 0.0413. The van der Waals surface area contributed by atoms with Crippen molar-refractivity contribution < 1.29 is 9.13 Å². The van der Waals surface area contributed by atoms with Crippen LogP contribution in [0.15, 0.2) is 30.6 Å². The second-order valence-corrected chi connectivity index (χ2v) is 8.89. The van der Waals surface area contributed by atoms with E-state index in [1.165, 1.54) is 6.07 Å². The summed E-state index contributed by atoms with van der Waals surface area (Å²) >= 11 is 6.35. The highest BCUT2D eigenvalue weighted by atomic mass is 35.5. The molecule has 158 valence electrons. The molecule has 0 amide bonds. The third-order valence-electron chi connectivity index (χ3n) is 6.81. The molecule has 30 heavy (non-hydrogen) atoms. The summed E-state index contributed by atoms with van der Waals surface area (Å²) in [4.78, 5) is 11.6. The number of benzene rings is 1. The molecule has 1 spiro atoms. The average molecular weight is 430 g/mol. The minimum Gasteiger partial charge on any atom is -0.376 e. The number of nitrogens with two attached hydrogens (primary N) is 1. The van der Waals surface area contributed by atoms with E-state index in [0.29, 0.717) is 27.5 Å². The summed E-state index contributed by atoms with van der Waals surface area (Å²) in [6.07, 6.45) is 5.59.